The van der Waals surface area contributed by atoms with Crippen LogP contribution in [-0.2, 0) is 11.3 Å². The molecule has 9 nitrogen and oxygen atoms in total. The van der Waals surface area contributed by atoms with Crippen LogP contribution in [0.5, 0.6) is 0 Å². The predicted octanol–water partition coefficient (Wildman–Crippen LogP) is 3.11. The fourth-order valence-corrected chi connectivity index (χ4v) is 2.59. The van der Waals surface area contributed by atoms with Crippen LogP contribution in [0, 0.1) is 26.9 Å². The highest BCUT2D eigenvalue weighted by atomic mass is 16.6. The van der Waals surface area contributed by atoms with E-state index in [1.165, 1.54) is 18.2 Å². The Morgan fingerprint density at radius 3 is 2.46 bits per heavy atom. The fraction of sp³-hybridized carbons (Fsp3) is 0.316. The monoisotopic (exact) mass is 385 g/mol. The van der Waals surface area contributed by atoms with Gasteiger partial charge in [0.05, 0.1) is 34.3 Å². The van der Waals surface area contributed by atoms with Crippen molar-refractivity contribution in [1.82, 2.24) is 4.57 Å². The predicted molar refractivity (Wildman–Crippen MR) is 105 cm³/mol. The molecule has 148 valence electrons. The van der Waals surface area contributed by atoms with Crippen LogP contribution in [0.15, 0.2) is 30.3 Å². The Morgan fingerprint density at radius 2 is 2.00 bits per heavy atom. The normalized spacial score (nSPS) is 9.93. The molecule has 28 heavy (non-hydrogen) atoms. The zero-order valence-corrected chi connectivity index (χ0v) is 15.8. The summed E-state index contributed by atoms with van der Waals surface area (Å²) in [5, 5.41) is 26.1. The van der Waals surface area contributed by atoms with E-state index in [9.17, 15) is 20.2 Å². The number of carbonyl (C=O) groups excluding carboxylic acids is 1. The Labute approximate surface area is 163 Å². The van der Waals surface area contributed by atoms with Gasteiger partial charge >= 0.3 is 0 Å². The summed E-state index contributed by atoms with van der Waals surface area (Å²) in [6, 6.07) is 9.57. The molecule has 3 N–H and O–H groups in total. The van der Waals surface area contributed by atoms with Crippen LogP contribution < -0.4 is 5.73 Å². The van der Waals surface area contributed by atoms with Crippen molar-refractivity contribution in [3.05, 3.63) is 51.7 Å². The topological polar surface area (TPSA) is 148 Å². The van der Waals surface area contributed by atoms with E-state index in [-0.39, 0.29) is 11.8 Å². The number of nitro benzene ring substituents is 1. The molecule has 0 amide bonds. The number of hydrogen-bond acceptors (Lipinski definition) is 6. The van der Waals surface area contributed by atoms with Crippen molar-refractivity contribution in [2.45, 2.75) is 32.9 Å². The molecule has 0 atom stereocenters. The lowest BCUT2D eigenvalue weighted by Gasteiger charge is -2.13. The Morgan fingerprint density at radius 1 is 1.39 bits per heavy atom. The number of rotatable bonds is 8. The van der Waals surface area contributed by atoms with Crippen LogP contribution in [0.4, 0.5) is 5.69 Å². The second kappa shape index (κ2) is 11.3. The molecule has 1 aromatic carbocycles. The highest BCUT2D eigenvalue weighted by molar-refractivity contribution is 5.80. The Kier molecular flexibility index (Phi) is 9.06. The fourth-order valence-electron chi connectivity index (χ4n) is 2.59. The van der Waals surface area contributed by atoms with Gasteiger partial charge < -0.3 is 15.0 Å². The van der Waals surface area contributed by atoms with Crippen molar-refractivity contribution in [2.24, 2.45) is 5.73 Å². The minimum absolute atomic E-state index is 0.0266. The maximum Gasteiger partial charge on any atom is 0.269 e. The van der Waals surface area contributed by atoms with Gasteiger partial charge in [0.15, 0.2) is 6.29 Å². The van der Waals surface area contributed by atoms with Gasteiger partial charge in [-0.2, -0.15) is 5.26 Å². The zero-order chi connectivity index (χ0) is 21.1. The van der Waals surface area contributed by atoms with Crippen LogP contribution in [0.25, 0.3) is 11.3 Å². The molecule has 2 aromatic rings. The third-order valence-electron chi connectivity index (χ3n) is 3.70. The van der Waals surface area contributed by atoms with Gasteiger partial charge in [-0.3, -0.25) is 20.3 Å². The van der Waals surface area contributed by atoms with Crippen LogP contribution in [0.3, 0.4) is 0 Å². The van der Waals surface area contributed by atoms with Crippen LogP contribution >= 0.6 is 0 Å². The summed E-state index contributed by atoms with van der Waals surface area (Å²) >= 11 is 0. The molecule has 0 unspecified atom stereocenters. The van der Waals surface area contributed by atoms with Crippen LogP contribution in [-0.4, -0.2) is 34.8 Å². The second-order valence-corrected chi connectivity index (χ2v) is 5.96. The number of nitriles is 1. The average molecular weight is 385 g/mol. The minimum atomic E-state index is -0.478. The summed E-state index contributed by atoms with van der Waals surface area (Å²) in [6.07, 6.45) is 2.26. The molecule has 0 spiro atoms. The SMILES string of the molecule is CC(C)OCCCn1c(C=O)cc(C#N)c1-c1ccc([N+](=O)[O-])cc1.N=CN. The first-order valence-electron chi connectivity index (χ1n) is 8.55. The molecule has 1 aromatic heterocycles. The molecule has 0 saturated heterocycles. The number of nitro groups is 1. The van der Waals surface area contributed by atoms with Crippen molar-refractivity contribution >= 4 is 18.3 Å². The molecule has 0 aliphatic heterocycles. The van der Waals surface area contributed by atoms with Crippen molar-refractivity contribution in [1.29, 1.82) is 10.7 Å². The van der Waals surface area contributed by atoms with Gasteiger partial charge in [0.25, 0.3) is 5.69 Å². The molecule has 0 aliphatic carbocycles. The van der Waals surface area contributed by atoms with E-state index in [4.69, 9.17) is 10.1 Å². The maximum atomic E-state index is 11.4. The van der Waals surface area contributed by atoms with Gasteiger partial charge in [-0.1, -0.05) is 0 Å². The number of carbonyl (C=O) groups is 1. The highest BCUT2D eigenvalue weighted by Gasteiger charge is 2.17. The van der Waals surface area contributed by atoms with E-state index in [0.29, 0.717) is 48.4 Å². The number of benzene rings is 1. The summed E-state index contributed by atoms with van der Waals surface area (Å²) < 4.78 is 7.28. The van der Waals surface area contributed by atoms with E-state index >= 15 is 0 Å². The Balaban J connectivity index is 0.00000122. The lowest BCUT2D eigenvalue weighted by molar-refractivity contribution is -0.384. The first kappa shape index (κ1) is 22.5. The van der Waals surface area contributed by atoms with E-state index in [1.807, 2.05) is 13.8 Å². The van der Waals surface area contributed by atoms with Crippen LogP contribution in [0.1, 0.15) is 36.3 Å². The van der Waals surface area contributed by atoms with Crippen molar-refractivity contribution < 1.29 is 14.5 Å². The second-order valence-electron chi connectivity index (χ2n) is 5.96. The molecule has 0 fully saturated rings. The van der Waals surface area contributed by atoms with Gasteiger partial charge in [0.1, 0.15) is 6.07 Å². The van der Waals surface area contributed by atoms with Crippen LogP contribution in [0.2, 0.25) is 0 Å². The molecule has 0 saturated carbocycles. The number of ether oxygens (including phenoxy) is 1. The first-order valence-corrected chi connectivity index (χ1v) is 8.55. The van der Waals surface area contributed by atoms with Crippen molar-refractivity contribution in [3.63, 3.8) is 0 Å². The van der Waals surface area contributed by atoms with Crippen molar-refractivity contribution in [3.8, 4) is 17.3 Å². The molecule has 9 heteroatoms. The number of aldehydes is 1. The third-order valence-corrected chi connectivity index (χ3v) is 3.70. The quantitative estimate of drug-likeness (QED) is 0.178. The third kappa shape index (κ3) is 6.03. The van der Waals surface area contributed by atoms with Crippen molar-refractivity contribution in [2.75, 3.05) is 6.61 Å². The van der Waals surface area contributed by atoms with Gasteiger partial charge in [-0.25, -0.2) is 0 Å². The molecule has 1 heterocycles. The summed E-state index contributed by atoms with van der Waals surface area (Å²) in [4.78, 5) is 21.7. The van der Waals surface area contributed by atoms with E-state index < -0.39 is 4.92 Å². The minimum Gasteiger partial charge on any atom is -0.390 e. The smallest absolute Gasteiger partial charge is 0.269 e. The highest BCUT2D eigenvalue weighted by Crippen LogP contribution is 2.28. The number of hydrogen-bond donors (Lipinski definition) is 2. The summed E-state index contributed by atoms with van der Waals surface area (Å²) in [6.45, 7) is 4.94. The van der Waals surface area contributed by atoms with Gasteiger partial charge in [-0.05, 0) is 44.0 Å². The first-order chi connectivity index (χ1) is 13.4. The molecule has 0 radical (unpaired) electrons. The summed E-state index contributed by atoms with van der Waals surface area (Å²) in [5.74, 6) is 0. The molecule has 0 aliphatic rings. The number of non-ortho nitro benzene ring substituents is 1. The molecule has 2 rings (SSSR count). The van der Waals surface area contributed by atoms with Gasteiger partial charge in [-0.15, -0.1) is 0 Å². The standard InChI is InChI=1S/C18H19N3O4.CH4N2/c1-13(2)25-9-3-8-20-17(12-22)10-15(11-19)18(20)14-4-6-16(7-5-14)21(23)24;2-1-3/h4-7,10,12-13H,3,8-9H2,1-2H3;1H,(H3,2,3). The summed E-state index contributed by atoms with van der Waals surface area (Å²) in [7, 11) is 0. The van der Waals surface area contributed by atoms with Gasteiger partial charge in [0.2, 0.25) is 0 Å². The summed E-state index contributed by atoms with van der Waals surface area (Å²) in [5.41, 5.74) is 6.36. The largest absolute Gasteiger partial charge is 0.390 e. The number of nitrogens with zero attached hydrogens (tertiary/aromatic N) is 3. The zero-order valence-electron chi connectivity index (χ0n) is 15.8. The lowest BCUT2D eigenvalue weighted by atomic mass is 10.1. The van der Waals surface area contributed by atoms with E-state index in [0.717, 1.165) is 6.34 Å². The molecule has 0 bridgehead atoms. The Bertz CT molecular complexity index is 850. The maximum absolute atomic E-state index is 11.4. The molecular formula is C19H23N5O4. The number of nitrogens with two attached hydrogens (primary N) is 1. The lowest BCUT2D eigenvalue weighted by Crippen LogP contribution is -2.10. The average Bonchev–Trinajstić information content (AvgIpc) is 3.03. The van der Waals surface area contributed by atoms with E-state index in [2.05, 4.69) is 11.8 Å². The number of nitrogens with one attached hydrogen (secondary N) is 1. The van der Waals surface area contributed by atoms with E-state index in [1.54, 1.807) is 16.7 Å². The number of aromatic nitrogens is 1. The van der Waals surface area contributed by atoms with Gasteiger partial charge in [0, 0.05) is 25.3 Å². The Hall–Kier alpha value is -3.51. The molecular weight excluding hydrogens is 362 g/mol.